The van der Waals surface area contributed by atoms with E-state index in [9.17, 15) is 8.78 Å². The van der Waals surface area contributed by atoms with Crippen LogP contribution in [0.25, 0.3) is 0 Å². The Balaban J connectivity index is 2.33. The summed E-state index contributed by atoms with van der Waals surface area (Å²) in [6.07, 6.45) is 1.45. The lowest BCUT2D eigenvalue weighted by atomic mass is 10.3. The molecule has 0 saturated heterocycles. The van der Waals surface area contributed by atoms with Crippen LogP contribution in [0, 0.1) is 11.6 Å². The van der Waals surface area contributed by atoms with Crippen molar-refractivity contribution in [3.63, 3.8) is 0 Å². The molecule has 0 spiro atoms. The van der Waals surface area contributed by atoms with Crippen LogP contribution in [0.3, 0.4) is 0 Å². The predicted octanol–water partition coefficient (Wildman–Crippen LogP) is 3.41. The molecule has 3 nitrogen and oxygen atoms in total. The number of rotatable bonds is 3. The van der Waals surface area contributed by atoms with E-state index in [2.05, 4.69) is 20.9 Å². The van der Waals surface area contributed by atoms with Gasteiger partial charge in [-0.15, -0.1) is 0 Å². The summed E-state index contributed by atoms with van der Waals surface area (Å²) in [5.74, 6) is -1.60. The third-order valence-electron chi connectivity index (χ3n) is 2.16. The third-order valence-corrected chi connectivity index (χ3v) is 2.60. The lowest BCUT2D eigenvalue weighted by Gasteiger charge is -2.09. The summed E-state index contributed by atoms with van der Waals surface area (Å²) in [5.41, 5.74) is 0.396. The summed E-state index contributed by atoms with van der Waals surface area (Å²) in [6, 6.07) is 4.56. The van der Waals surface area contributed by atoms with Gasteiger partial charge in [0.05, 0.1) is 6.61 Å². The van der Waals surface area contributed by atoms with E-state index >= 15 is 0 Å². The first-order valence-electron chi connectivity index (χ1n) is 4.98. The maximum absolute atomic E-state index is 13.4. The van der Waals surface area contributed by atoms with Crippen LogP contribution >= 0.6 is 15.9 Å². The van der Waals surface area contributed by atoms with Crippen molar-refractivity contribution in [2.24, 2.45) is 0 Å². The van der Waals surface area contributed by atoms with Gasteiger partial charge in [-0.1, -0.05) is 0 Å². The number of hydrogen-bond donors (Lipinski definition) is 1. The van der Waals surface area contributed by atoms with Crippen molar-refractivity contribution >= 4 is 15.9 Å². The molecule has 0 fully saturated rings. The lowest BCUT2D eigenvalue weighted by Crippen LogP contribution is -1.97. The molecule has 1 heterocycles. The van der Waals surface area contributed by atoms with Crippen LogP contribution in [0.1, 0.15) is 5.56 Å². The van der Waals surface area contributed by atoms with Gasteiger partial charge in [0.25, 0.3) is 0 Å². The molecule has 2 rings (SSSR count). The Bertz CT molecular complexity index is 578. The van der Waals surface area contributed by atoms with Crippen LogP contribution in [0.2, 0.25) is 0 Å². The van der Waals surface area contributed by atoms with E-state index in [1.165, 1.54) is 6.20 Å². The molecule has 0 aliphatic carbocycles. The van der Waals surface area contributed by atoms with Crippen LogP contribution in [-0.2, 0) is 6.61 Å². The van der Waals surface area contributed by atoms with Gasteiger partial charge in [-0.25, -0.2) is 13.8 Å². The fraction of sp³-hybridized carbons (Fsp3) is 0.0833. The van der Waals surface area contributed by atoms with E-state index in [1.807, 2.05) is 0 Å². The largest absolute Gasteiger partial charge is 0.436 e. The van der Waals surface area contributed by atoms with Gasteiger partial charge in [0.1, 0.15) is 5.82 Å². The Kier molecular flexibility index (Phi) is 3.88. The van der Waals surface area contributed by atoms with Gasteiger partial charge in [0.2, 0.25) is 5.88 Å². The topological polar surface area (TPSA) is 42.4 Å². The Morgan fingerprint density at radius 3 is 2.72 bits per heavy atom. The molecule has 0 saturated carbocycles. The number of benzene rings is 1. The zero-order chi connectivity index (χ0) is 13.1. The van der Waals surface area contributed by atoms with E-state index in [4.69, 9.17) is 9.84 Å². The van der Waals surface area contributed by atoms with Crippen LogP contribution in [0.15, 0.2) is 34.9 Å². The lowest BCUT2D eigenvalue weighted by molar-refractivity contribution is 0.274. The summed E-state index contributed by atoms with van der Waals surface area (Å²) in [5, 5.41) is 9.14. The number of nitrogens with zero attached hydrogens (tertiary/aromatic N) is 1. The quantitative estimate of drug-likeness (QED) is 0.943. The Labute approximate surface area is 110 Å². The third kappa shape index (κ3) is 2.83. The zero-order valence-corrected chi connectivity index (χ0v) is 10.6. The van der Waals surface area contributed by atoms with Gasteiger partial charge in [0, 0.05) is 22.3 Å². The summed E-state index contributed by atoms with van der Waals surface area (Å²) in [4.78, 5) is 3.92. The number of aliphatic hydroxyl groups excluding tert-OH is 1. The van der Waals surface area contributed by atoms with Gasteiger partial charge in [-0.05, 0) is 34.1 Å². The summed E-state index contributed by atoms with van der Waals surface area (Å²) in [7, 11) is 0. The molecule has 0 amide bonds. The highest BCUT2D eigenvalue weighted by atomic mass is 79.9. The Hall–Kier alpha value is -1.53. The fourth-order valence-corrected chi connectivity index (χ4v) is 1.71. The minimum absolute atomic E-state index is 0.0752. The molecule has 1 aromatic carbocycles. The van der Waals surface area contributed by atoms with Crippen molar-refractivity contribution in [3.05, 3.63) is 52.1 Å². The molecular weight excluding hydrogens is 308 g/mol. The molecule has 94 valence electrons. The van der Waals surface area contributed by atoms with Crippen LogP contribution in [0.5, 0.6) is 11.6 Å². The smallest absolute Gasteiger partial charge is 0.224 e. The van der Waals surface area contributed by atoms with Crippen molar-refractivity contribution < 1.29 is 18.6 Å². The summed E-state index contributed by atoms with van der Waals surface area (Å²) >= 11 is 3.19. The van der Waals surface area contributed by atoms with Crippen molar-refractivity contribution in [3.8, 4) is 11.6 Å². The molecule has 0 bridgehead atoms. The standard InChI is InChI=1S/C12H8BrF2NO2/c13-8-3-7(6-17)12(16-5-8)18-11-2-1-9(14)4-10(11)15/h1-5,17H,6H2. The first kappa shape index (κ1) is 12.9. The van der Waals surface area contributed by atoms with Gasteiger partial charge >= 0.3 is 0 Å². The van der Waals surface area contributed by atoms with Crippen LogP contribution in [0.4, 0.5) is 8.78 Å². The van der Waals surface area contributed by atoms with Gasteiger partial charge in [0.15, 0.2) is 11.6 Å². The molecule has 2 aromatic rings. The highest BCUT2D eigenvalue weighted by Gasteiger charge is 2.10. The normalized spacial score (nSPS) is 10.4. The second-order valence-electron chi connectivity index (χ2n) is 3.45. The van der Waals surface area contributed by atoms with Crippen LogP contribution < -0.4 is 4.74 Å². The highest BCUT2D eigenvalue weighted by molar-refractivity contribution is 9.10. The number of ether oxygens (including phenoxy) is 1. The zero-order valence-electron chi connectivity index (χ0n) is 9.03. The first-order chi connectivity index (χ1) is 8.60. The summed E-state index contributed by atoms with van der Waals surface area (Å²) < 4.78 is 32.0. The molecule has 0 aliphatic rings. The SMILES string of the molecule is OCc1cc(Br)cnc1Oc1ccc(F)cc1F. The van der Waals surface area contributed by atoms with E-state index < -0.39 is 11.6 Å². The molecule has 0 unspecified atom stereocenters. The Morgan fingerprint density at radius 2 is 2.06 bits per heavy atom. The number of halogens is 3. The molecule has 1 aromatic heterocycles. The van der Waals surface area contributed by atoms with Gasteiger partial charge < -0.3 is 9.84 Å². The van der Waals surface area contributed by atoms with Crippen molar-refractivity contribution in [2.45, 2.75) is 6.61 Å². The van der Waals surface area contributed by atoms with E-state index in [0.29, 0.717) is 16.1 Å². The number of aromatic nitrogens is 1. The minimum Gasteiger partial charge on any atom is -0.436 e. The van der Waals surface area contributed by atoms with Gasteiger partial charge in [-0.3, -0.25) is 0 Å². The predicted molar refractivity (Wildman–Crippen MR) is 64.3 cm³/mol. The molecule has 6 heteroatoms. The molecule has 0 aliphatic heterocycles. The molecule has 18 heavy (non-hydrogen) atoms. The van der Waals surface area contributed by atoms with Crippen molar-refractivity contribution in [2.75, 3.05) is 0 Å². The molecular formula is C12H8BrF2NO2. The number of aliphatic hydroxyl groups is 1. The Morgan fingerprint density at radius 1 is 1.28 bits per heavy atom. The number of hydrogen-bond acceptors (Lipinski definition) is 3. The average molecular weight is 316 g/mol. The maximum Gasteiger partial charge on any atom is 0.224 e. The molecule has 0 radical (unpaired) electrons. The van der Waals surface area contributed by atoms with Crippen molar-refractivity contribution in [1.82, 2.24) is 4.98 Å². The maximum atomic E-state index is 13.4. The highest BCUT2D eigenvalue weighted by Crippen LogP contribution is 2.27. The van der Waals surface area contributed by atoms with Gasteiger partial charge in [-0.2, -0.15) is 0 Å². The fourth-order valence-electron chi connectivity index (χ4n) is 1.34. The average Bonchev–Trinajstić information content (AvgIpc) is 2.34. The van der Waals surface area contributed by atoms with Crippen LogP contribution in [-0.4, -0.2) is 10.1 Å². The second kappa shape index (κ2) is 5.41. The first-order valence-corrected chi connectivity index (χ1v) is 5.77. The minimum atomic E-state index is -0.830. The molecule has 0 atom stereocenters. The monoisotopic (exact) mass is 315 g/mol. The number of pyridine rings is 1. The second-order valence-corrected chi connectivity index (χ2v) is 4.37. The molecule has 1 N–H and O–H groups in total. The van der Waals surface area contributed by atoms with E-state index in [-0.39, 0.29) is 18.2 Å². The van der Waals surface area contributed by atoms with E-state index in [0.717, 1.165) is 12.1 Å². The van der Waals surface area contributed by atoms with Crippen molar-refractivity contribution in [1.29, 1.82) is 0 Å². The van der Waals surface area contributed by atoms with E-state index in [1.54, 1.807) is 6.07 Å². The summed E-state index contributed by atoms with van der Waals surface area (Å²) in [6.45, 7) is -0.301.